The fourth-order valence-electron chi connectivity index (χ4n) is 4.27. The number of nitrogens with zero attached hydrogens (tertiary/aromatic N) is 4. The third-order valence-corrected chi connectivity index (χ3v) is 7.41. The minimum absolute atomic E-state index is 0.0882. The summed E-state index contributed by atoms with van der Waals surface area (Å²) in [5.41, 5.74) is 2.10. The van der Waals surface area contributed by atoms with Gasteiger partial charge in [-0.3, -0.25) is 24.3 Å². The van der Waals surface area contributed by atoms with Crippen molar-refractivity contribution < 1.29 is 18.1 Å². The number of hydrogen-bond acceptors (Lipinski definition) is 8. The van der Waals surface area contributed by atoms with Crippen molar-refractivity contribution in [2.45, 2.75) is 45.4 Å². The first-order valence-electron chi connectivity index (χ1n) is 12.0. The van der Waals surface area contributed by atoms with Crippen molar-refractivity contribution >= 4 is 32.4 Å². The molecule has 0 saturated heterocycles. The molecule has 0 radical (unpaired) electrons. The Hall–Kier alpha value is -4.26. The number of nitro groups is 1. The van der Waals surface area contributed by atoms with Crippen LogP contribution in [0.15, 0.2) is 40.0 Å². The molecular formula is C25H28N6O6S. The van der Waals surface area contributed by atoms with E-state index in [4.69, 9.17) is 4.74 Å². The average molecular weight is 541 g/mol. The number of fused-ring (bicyclic) bond motifs is 1. The topological polar surface area (TPSA) is 162 Å². The van der Waals surface area contributed by atoms with Gasteiger partial charge in [0, 0.05) is 18.7 Å². The van der Waals surface area contributed by atoms with Crippen LogP contribution in [0.4, 0.5) is 11.4 Å². The van der Waals surface area contributed by atoms with E-state index in [0.29, 0.717) is 46.6 Å². The first-order chi connectivity index (χ1) is 18.0. The molecule has 13 heteroatoms. The number of ether oxygens (including phenoxy) is 1. The van der Waals surface area contributed by atoms with Crippen molar-refractivity contribution in [2.75, 3.05) is 11.3 Å². The van der Waals surface area contributed by atoms with E-state index in [1.165, 1.54) is 28.9 Å². The maximum absolute atomic E-state index is 13.4. The SMILES string of the molecule is CCCc1nn(C)c2c(=O)[nH]c(-c3cc(S(=O)(=O)Nc4cc([N+](=O)[O-])c(C)cc4C)ccc3OCC)nc12. The second-order valence-electron chi connectivity index (χ2n) is 8.84. The Bertz CT molecular complexity index is 1720. The smallest absolute Gasteiger partial charge is 0.277 e. The molecule has 200 valence electrons. The highest BCUT2D eigenvalue weighted by Crippen LogP contribution is 2.33. The van der Waals surface area contributed by atoms with Gasteiger partial charge >= 0.3 is 0 Å². The number of hydrogen-bond donors (Lipinski definition) is 2. The summed E-state index contributed by atoms with van der Waals surface area (Å²) in [7, 11) is -2.52. The van der Waals surface area contributed by atoms with Crippen molar-refractivity contribution in [3.05, 3.63) is 67.6 Å². The predicted molar refractivity (Wildman–Crippen MR) is 143 cm³/mol. The Labute approximate surface area is 218 Å². The standard InChI is InChI=1S/C25H28N6O6S/c1-6-8-18-22-23(30(5)28-18)25(32)27-24(26-22)17-12-16(9-10-21(17)37-7-2)38(35,36)29-19-13-20(31(33)34)15(4)11-14(19)3/h9-13,29H,6-8H2,1-5H3,(H,26,27,32). The number of nitrogens with one attached hydrogen (secondary N) is 2. The number of H-pyrrole nitrogens is 1. The van der Waals surface area contributed by atoms with Gasteiger partial charge in [0.2, 0.25) is 0 Å². The Morgan fingerprint density at radius 1 is 1.16 bits per heavy atom. The van der Waals surface area contributed by atoms with Gasteiger partial charge in [-0.05, 0) is 57.0 Å². The number of anilines is 1. The third-order valence-electron chi connectivity index (χ3n) is 6.05. The van der Waals surface area contributed by atoms with Gasteiger partial charge in [0.25, 0.3) is 21.3 Å². The van der Waals surface area contributed by atoms with Crippen molar-refractivity contribution in [3.63, 3.8) is 0 Å². The maximum Gasteiger partial charge on any atom is 0.277 e. The number of aromatic nitrogens is 4. The van der Waals surface area contributed by atoms with E-state index >= 15 is 0 Å². The van der Waals surface area contributed by atoms with Crippen molar-refractivity contribution in [3.8, 4) is 17.1 Å². The van der Waals surface area contributed by atoms with E-state index in [2.05, 4.69) is 19.8 Å². The van der Waals surface area contributed by atoms with Gasteiger partial charge in [0.05, 0.1) is 33.4 Å². The van der Waals surface area contributed by atoms with E-state index in [9.17, 15) is 23.3 Å². The van der Waals surface area contributed by atoms with Gasteiger partial charge in [-0.2, -0.15) is 5.10 Å². The van der Waals surface area contributed by atoms with Gasteiger partial charge in [0.15, 0.2) is 5.52 Å². The molecule has 12 nitrogen and oxygen atoms in total. The lowest BCUT2D eigenvalue weighted by atomic mass is 10.1. The number of sulfonamides is 1. The van der Waals surface area contributed by atoms with Crippen LogP contribution in [-0.4, -0.2) is 39.7 Å². The molecule has 0 amide bonds. The number of rotatable bonds is 9. The zero-order chi connectivity index (χ0) is 27.8. The van der Waals surface area contributed by atoms with Gasteiger partial charge < -0.3 is 9.72 Å². The summed E-state index contributed by atoms with van der Waals surface area (Å²) in [4.78, 5) is 31.0. The van der Waals surface area contributed by atoms with Crippen LogP contribution >= 0.6 is 0 Å². The Balaban J connectivity index is 1.85. The molecule has 2 aromatic heterocycles. The summed E-state index contributed by atoms with van der Waals surface area (Å²) >= 11 is 0. The van der Waals surface area contributed by atoms with Gasteiger partial charge in [-0.25, -0.2) is 13.4 Å². The summed E-state index contributed by atoms with van der Waals surface area (Å²) in [5, 5.41) is 15.8. The third kappa shape index (κ3) is 4.96. The van der Waals surface area contributed by atoms with E-state index in [1.54, 1.807) is 33.9 Å². The lowest BCUT2D eigenvalue weighted by Crippen LogP contribution is -2.15. The van der Waals surface area contributed by atoms with Crippen LogP contribution in [0, 0.1) is 24.0 Å². The fraction of sp³-hybridized carbons (Fsp3) is 0.320. The highest BCUT2D eigenvalue weighted by molar-refractivity contribution is 7.92. The molecule has 2 N–H and O–H groups in total. The molecule has 0 spiro atoms. The van der Waals surface area contributed by atoms with Crippen molar-refractivity contribution in [2.24, 2.45) is 7.05 Å². The molecule has 0 aliphatic rings. The summed E-state index contributed by atoms with van der Waals surface area (Å²) in [6.07, 6.45) is 1.42. The second-order valence-corrected chi connectivity index (χ2v) is 10.5. The van der Waals surface area contributed by atoms with Crippen LogP contribution in [0.2, 0.25) is 0 Å². The minimum atomic E-state index is -4.18. The van der Waals surface area contributed by atoms with Crippen LogP contribution in [0.1, 0.15) is 37.1 Å². The molecule has 0 aliphatic heterocycles. The monoisotopic (exact) mass is 540 g/mol. The average Bonchev–Trinajstić information content (AvgIpc) is 3.16. The zero-order valence-electron chi connectivity index (χ0n) is 21.7. The highest BCUT2D eigenvalue weighted by atomic mass is 32.2. The molecule has 4 rings (SSSR count). The molecule has 2 aromatic carbocycles. The van der Waals surface area contributed by atoms with E-state index in [1.807, 2.05) is 6.92 Å². The van der Waals surface area contributed by atoms with Crippen molar-refractivity contribution in [1.29, 1.82) is 0 Å². The molecule has 38 heavy (non-hydrogen) atoms. The van der Waals surface area contributed by atoms with Crippen LogP contribution in [-0.2, 0) is 23.5 Å². The van der Waals surface area contributed by atoms with E-state index in [0.717, 1.165) is 6.42 Å². The molecule has 0 unspecified atom stereocenters. The number of aromatic amines is 1. The molecular weight excluding hydrogens is 512 g/mol. The summed E-state index contributed by atoms with van der Waals surface area (Å²) in [5.74, 6) is 0.465. The molecule has 0 atom stereocenters. The van der Waals surface area contributed by atoms with Crippen molar-refractivity contribution in [1.82, 2.24) is 19.7 Å². The lowest BCUT2D eigenvalue weighted by molar-refractivity contribution is -0.385. The Morgan fingerprint density at radius 2 is 1.89 bits per heavy atom. The van der Waals surface area contributed by atoms with Crippen LogP contribution in [0.3, 0.4) is 0 Å². The van der Waals surface area contributed by atoms with Gasteiger partial charge in [0.1, 0.15) is 17.1 Å². The van der Waals surface area contributed by atoms with E-state index in [-0.39, 0.29) is 27.7 Å². The first-order valence-corrected chi connectivity index (χ1v) is 13.5. The Morgan fingerprint density at radius 3 is 2.55 bits per heavy atom. The predicted octanol–water partition coefficient (Wildman–Crippen LogP) is 4.00. The summed E-state index contributed by atoms with van der Waals surface area (Å²) < 4.78 is 36.4. The number of nitro benzene ring substituents is 1. The zero-order valence-corrected chi connectivity index (χ0v) is 22.5. The fourth-order valence-corrected chi connectivity index (χ4v) is 5.42. The maximum atomic E-state index is 13.4. The van der Waals surface area contributed by atoms with Crippen LogP contribution < -0.4 is 15.0 Å². The van der Waals surface area contributed by atoms with Crippen LogP contribution in [0.5, 0.6) is 5.75 Å². The summed E-state index contributed by atoms with van der Waals surface area (Å²) in [6.45, 7) is 7.31. The Kier molecular flexibility index (Phi) is 7.22. The first kappa shape index (κ1) is 26.8. The second kappa shape index (κ2) is 10.2. The molecule has 0 fully saturated rings. The molecule has 2 heterocycles. The highest BCUT2D eigenvalue weighted by Gasteiger charge is 2.23. The molecule has 0 bridgehead atoms. The minimum Gasteiger partial charge on any atom is -0.493 e. The molecule has 0 saturated carbocycles. The van der Waals surface area contributed by atoms with E-state index < -0.39 is 20.5 Å². The van der Waals surface area contributed by atoms with Gasteiger partial charge in [-0.15, -0.1) is 0 Å². The number of benzene rings is 2. The molecule has 4 aromatic rings. The van der Waals surface area contributed by atoms with Gasteiger partial charge in [-0.1, -0.05) is 13.3 Å². The normalized spacial score (nSPS) is 11.6. The molecule has 0 aliphatic carbocycles. The summed E-state index contributed by atoms with van der Waals surface area (Å²) in [6, 6.07) is 6.94. The number of aryl methyl sites for hydroxylation is 4. The van der Waals surface area contributed by atoms with Crippen LogP contribution in [0.25, 0.3) is 22.4 Å². The quantitative estimate of drug-likeness (QED) is 0.238. The lowest BCUT2D eigenvalue weighted by Gasteiger charge is -2.14. The largest absolute Gasteiger partial charge is 0.493 e.